The second-order valence-corrected chi connectivity index (χ2v) is 5.43. The summed E-state index contributed by atoms with van der Waals surface area (Å²) in [5, 5.41) is 9.70. The summed E-state index contributed by atoms with van der Waals surface area (Å²) in [5.74, 6) is -0.374. The monoisotopic (exact) mass is 335 g/mol. The van der Waals surface area contributed by atoms with Crippen LogP contribution < -0.4 is 5.32 Å². The minimum absolute atomic E-state index is 0.181. The predicted octanol–water partition coefficient (Wildman–Crippen LogP) is 4.24. The van der Waals surface area contributed by atoms with Gasteiger partial charge in [-0.15, -0.1) is 0 Å². The van der Waals surface area contributed by atoms with Gasteiger partial charge < -0.3 is 8.83 Å². The van der Waals surface area contributed by atoms with Crippen LogP contribution in [0.5, 0.6) is 0 Å². The van der Waals surface area contributed by atoms with Gasteiger partial charge in [0.1, 0.15) is 16.9 Å². The largest absolute Gasteiger partial charge is 0.423 e. The summed E-state index contributed by atoms with van der Waals surface area (Å²) in [6.45, 7) is 0. The van der Waals surface area contributed by atoms with E-state index in [4.69, 9.17) is 8.83 Å². The van der Waals surface area contributed by atoms with Crippen molar-refractivity contribution >= 4 is 34.2 Å². The van der Waals surface area contributed by atoms with Gasteiger partial charge in [0, 0.05) is 17.8 Å². The highest BCUT2D eigenvalue weighted by Gasteiger charge is 2.12. The fraction of sp³-hybridized carbons (Fsp3) is 0. The third-order valence-electron chi connectivity index (χ3n) is 3.76. The Kier molecular flexibility index (Phi) is 2.84. The Morgan fingerprint density at radius 3 is 2.32 bits per heavy atom. The number of nitrogens with zero attached hydrogens (tertiary/aromatic N) is 3. The molecule has 0 unspecified atom stereocenters. The molecule has 0 spiro atoms. The molecule has 3 aromatic heterocycles. The maximum atomic E-state index is 13.2. The van der Waals surface area contributed by atoms with Crippen LogP contribution in [0.4, 0.5) is 16.4 Å². The molecule has 3 heterocycles. The molecule has 122 valence electrons. The zero-order valence-electron chi connectivity index (χ0n) is 12.7. The fourth-order valence-electron chi connectivity index (χ4n) is 2.61. The molecule has 5 aromatic rings. The molecule has 2 aromatic carbocycles. The van der Waals surface area contributed by atoms with Crippen molar-refractivity contribution < 1.29 is 13.2 Å². The van der Waals surface area contributed by atoms with Crippen molar-refractivity contribution in [2.45, 2.75) is 0 Å². The molecule has 0 saturated heterocycles. The van der Waals surface area contributed by atoms with Gasteiger partial charge in [0.15, 0.2) is 11.2 Å². The molecule has 0 fully saturated rings. The summed E-state index contributed by atoms with van der Waals surface area (Å²) in [5.41, 5.74) is 4.02. The van der Waals surface area contributed by atoms with E-state index in [0.29, 0.717) is 22.2 Å². The number of oxazole rings is 2. The summed E-state index contributed by atoms with van der Waals surface area (Å²) >= 11 is 0. The molecule has 0 amide bonds. The van der Waals surface area contributed by atoms with E-state index in [2.05, 4.69) is 25.5 Å². The molecule has 25 heavy (non-hydrogen) atoms. The Morgan fingerprint density at radius 2 is 1.60 bits per heavy atom. The molecule has 0 bridgehead atoms. The van der Waals surface area contributed by atoms with Gasteiger partial charge in [0.25, 0.3) is 0 Å². The van der Waals surface area contributed by atoms with E-state index >= 15 is 0 Å². The summed E-state index contributed by atoms with van der Waals surface area (Å²) in [6.07, 6.45) is 1.69. The molecule has 0 aliphatic heterocycles. The molecule has 7 nitrogen and oxygen atoms in total. The second kappa shape index (κ2) is 5.17. The molecule has 0 aliphatic rings. The standard InChI is InChI=1S/C17H10FN5O2/c18-10-2-4-15-13(8-10)21-17(25-15)22-16-20-12-7-9(1-3-14(12)24-16)11-5-6-19-23-11/h1-8H,(H,19,23)(H,20,21,22). The molecular weight excluding hydrogens is 325 g/mol. The summed E-state index contributed by atoms with van der Waals surface area (Å²) in [7, 11) is 0. The quantitative estimate of drug-likeness (QED) is 0.512. The predicted molar refractivity (Wildman–Crippen MR) is 88.8 cm³/mol. The van der Waals surface area contributed by atoms with Gasteiger partial charge in [-0.1, -0.05) is 0 Å². The number of hydrogen-bond acceptors (Lipinski definition) is 6. The Hall–Kier alpha value is -3.68. The maximum absolute atomic E-state index is 13.2. The van der Waals surface area contributed by atoms with Gasteiger partial charge in [-0.3, -0.25) is 10.4 Å². The highest BCUT2D eigenvalue weighted by molar-refractivity contribution is 5.81. The number of nitrogens with one attached hydrogen (secondary N) is 2. The van der Waals surface area contributed by atoms with E-state index in [1.165, 1.54) is 18.2 Å². The van der Waals surface area contributed by atoms with E-state index in [9.17, 15) is 4.39 Å². The lowest BCUT2D eigenvalue weighted by Gasteiger charge is -1.95. The van der Waals surface area contributed by atoms with E-state index in [0.717, 1.165) is 11.3 Å². The van der Waals surface area contributed by atoms with Gasteiger partial charge >= 0.3 is 12.0 Å². The SMILES string of the molecule is Fc1ccc2oc(Nc3nc4cc(-c5ccn[nH]5)ccc4o3)nc2c1. The van der Waals surface area contributed by atoms with Crippen LogP contribution in [0.3, 0.4) is 0 Å². The third-order valence-corrected chi connectivity index (χ3v) is 3.76. The van der Waals surface area contributed by atoms with Crippen LogP contribution in [-0.2, 0) is 0 Å². The summed E-state index contributed by atoms with van der Waals surface area (Å²) in [6, 6.07) is 12.0. The van der Waals surface area contributed by atoms with E-state index in [1.54, 1.807) is 6.20 Å². The van der Waals surface area contributed by atoms with Gasteiger partial charge in [-0.2, -0.15) is 15.1 Å². The van der Waals surface area contributed by atoms with Crippen molar-refractivity contribution in [3.8, 4) is 11.3 Å². The van der Waals surface area contributed by atoms with Crippen LogP contribution in [0.1, 0.15) is 0 Å². The normalized spacial score (nSPS) is 11.4. The number of aromatic amines is 1. The topological polar surface area (TPSA) is 92.8 Å². The van der Waals surface area contributed by atoms with Gasteiger partial charge in [0.2, 0.25) is 0 Å². The summed E-state index contributed by atoms with van der Waals surface area (Å²) < 4.78 is 24.4. The highest BCUT2D eigenvalue weighted by Crippen LogP contribution is 2.27. The van der Waals surface area contributed by atoms with Crippen LogP contribution in [0, 0.1) is 5.82 Å². The zero-order chi connectivity index (χ0) is 16.8. The molecule has 5 rings (SSSR count). The number of H-pyrrole nitrogens is 1. The molecule has 2 N–H and O–H groups in total. The number of halogens is 1. The smallest absolute Gasteiger partial charge is 0.303 e. The maximum Gasteiger partial charge on any atom is 0.303 e. The number of fused-ring (bicyclic) bond motifs is 2. The first-order valence-corrected chi connectivity index (χ1v) is 7.48. The number of rotatable bonds is 3. The Labute approximate surface area is 139 Å². The first kappa shape index (κ1) is 13.7. The first-order chi connectivity index (χ1) is 12.2. The highest BCUT2D eigenvalue weighted by atomic mass is 19.1. The van der Waals surface area contributed by atoms with Crippen molar-refractivity contribution in [1.29, 1.82) is 0 Å². The third kappa shape index (κ3) is 2.40. The van der Waals surface area contributed by atoms with E-state index in [1.807, 2.05) is 24.3 Å². The minimum atomic E-state index is -0.374. The van der Waals surface area contributed by atoms with E-state index in [-0.39, 0.29) is 17.8 Å². The van der Waals surface area contributed by atoms with Crippen LogP contribution >= 0.6 is 0 Å². The molecular formula is C17H10FN5O2. The molecule has 0 atom stereocenters. The Morgan fingerprint density at radius 1 is 0.880 bits per heavy atom. The van der Waals surface area contributed by atoms with Gasteiger partial charge in [-0.25, -0.2) is 4.39 Å². The van der Waals surface area contributed by atoms with Crippen molar-refractivity contribution in [2.75, 3.05) is 5.32 Å². The number of aromatic nitrogens is 4. The van der Waals surface area contributed by atoms with Crippen molar-refractivity contribution in [2.24, 2.45) is 0 Å². The molecule has 0 saturated carbocycles. The minimum Gasteiger partial charge on any atom is -0.423 e. The lowest BCUT2D eigenvalue weighted by molar-refractivity contribution is 0.590. The van der Waals surface area contributed by atoms with Crippen LogP contribution in [0.25, 0.3) is 33.5 Å². The van der Waals surface area contributed by atoms with Crippen molar-refractivity contribution in [3.63, 3.8) is 0 Å². The Bertz CT molecular complexity index is 1190. The Balaban J connectivity index is 1.49. The van der Waals surface area contributed by atoms with Crippen molar-refractivity contribution in [3.05, 3.63) is 54.5 Å². The molecule has 8 heteroatoms. The molecule has 0 aliphatic carbocycles. The summed E-state index contributed by atoms with van der Waals surface area (Å²) in [4.78, 5) is 8.55. The lowest BCUT2D eigenvalue weighted by Crippen LogP contribution is -1.89. The zero-order valence-corrected chi connectivity index (χ0v) is 12.7. The van der Waals surface area contributed by atoms with Crippen LogP contribution in [0.2, 0.25) is 0 Å². The number of anilines is 2. The average molecular weight is 335 g/mol. The first-order valence-electron chi connectivity index (χ1n) is 7.48. The van der Waals surface area contributed by atoms with Gasteiger partial charge in [0.05, 0.1) is 5.69 Å². The fourth-order valence-corrected chi connectivity index (χ4v) is 2.61. The van der Waals surface area contributed by atoms with Crippen molar-refractivity contribution in [1.82, 2.24) is 20.2 Å². The number of hydrogen-bond donors (Lipinski definition) is 2. The van der Waals surface area contributed by atoms with Gasteiger partial charge in [-0.05, 0) is 36.4 Å². The van der Waals surface area contributed by atoms with Crippen LogP contribution in [0.15, 0.2) is 57.5 Å². The molecule has 0 radical (unpaired) electrons. The lowest BCUT2D eigenvalue weighted by atomic mass is 10.1. The van der Waals surface area contributed by atoms with E-state index < -0.39 is 0 Å². The van der Waals surface area contributed by atoms with Crippen LogP contribution in [-0.4, -0.2) is 20.2 Å². The average Bonchev–Trinajstić information content (AvgIpc) is 3.32. The number of benzene rings is 2. The second-order valence-electron chi connectivity index (χ2n) is 5.43.